The number of fused-ring (bicyclic) bond motifs is 3. The molecule has 1 unspecified atom stereocenters. The van der Waals surface area contributed by atoms with Crippen LogP contribution in [0, 0.1) is 12.8 Å². The second-order valence-corrected chi connectivity index (χ2v) is 11.4. The van der Waals surface area contributed by atoms with Crippen LogP contribution in [0.25, 0.3) is 9.53 Å². The number of benzene rings is 1. The Kier molecular flexibility index (Phi) is 6.17. The zero-order chi connectivity index (χ0) is 22.2. The fraction of sp³-hybridized carbons (Fsp3) is 0.458. The van der Waals surface area contributed by atoms with Gasteiger partial charge in [0.25, 0.3) is 5.91 Å². The molecule has 7 heteroatoms. The molecule has 1 aliphatic rings. The number of aryl methyl sites for hydroxylation is 2. The van der Waals surface area contributed by atoms with Gasteiger partial charge in [0, 0.05) is 18.7 Å². The standard InChI is InChI=1S/C24H29N3O2S2/c1-15(2)11-13-25-23(29)24(4)12-10-18-19-22(30-16(3)26-19)31-20(18)21(28)27(24)14-17-8-6-5-7-9-17/h5-9,15H,10-14H2,1-4H3,(H,25,29). The zero-order valence-corrected chi connectivity index (χ0v) is 20.2. The second-order valence-electron chi connectivity index (χ2n) is 8.87. The first-order chi connectivity index (χ1) is 14.8. The molecule has 0 saturated carbocycles. The summed E-state index contributed by atoms with van der Waals surface area (Å²) < 4.78 is 1.10. The van der Waals surface area contributed by atoms with Crippen LogP contribution in [-0.4, -0.2) is 33.8 Å². The van der Waals surface area contributed by atoms with Gasteiger partial charge in [-0.15, -0.1) is 22.7 Å². The van der Waals surface area contributed by atoms with Crippen molar-refractivity contribution in [3.63, 3.8) is 0 Å². The number of carbonyl (C=O) groups is 2. The average Bonchev–Trinajstić information content (AvgIpc) is 3.23. The number of aromatic nitrogens is 1. The van der Waals surface area contributed by atoms with Crippen LogP contribution >= 0.6 is 22.7 Å². The summed E-state index contributed by atoms with van der Waals surface area (Å²) in [7, 11) is 0. The number of thiophene rings is 1. The van der Waals surface area contributed by atoms with Gasteiger partial charge in [-0.25, -0.2) is 4.98 Å². The number of thiazole rings is 1. The van der Waals surface area contributed by atoms with E-state index >= 15 is 0 Å². The van der Waals surface area contributed by atoms with Gasteiger partial charge in [0.15, 0.2) is 0 Å². The molecule has 0 saturated heterocycles. The Morgan fingerprint density at radius 3 is 2.71 bits per heavy atom. The fourth-order valence-electron chi connectivity index (χ4n) is 4.10. The number of rotatable bonds is 6. The maximum Gasteiger partial charge on any atom is 0.265 e. The maximum absolute atomic E-state index is 13.8. The molecule has 3 aromatic rings. The van der Waals surface area contributed by atoms with E-state index in [2.05, 4.69) is 19.2 Å². The summed E-state index contributed by atoms with van der Waals surface area (Å²) in [6, 6.07) is 9.92. The molecule has 31 heavy (non-hydrogen) atoms. The minimum atomic E-state index is -0.917. The van der Waals surface area contributed by atoms with Crippen LogP contribution in [0.1, 0.15) is 59.4 Å². The van der Waals surface area contributed by atoms with E-state index in [1.165, 1.54) is 11.3 Å². The molecule has 0 fully saturated rings. The van der Waals surface area contributed by atoms with Crippen molar-refractivity contribution in [2.75, 3.05) is 6.54 Å². The highest BCUT2D eigenvalue weighted by Gasteiger charge is 2.45. The third kappa shape index (κ3) is 4.26. The number of hydrogen-bond acceptors (Lipinski definition) is 5. The minimum absolute atomic E-state index is 0.0642. The van der Waals surface area contributed by atoms with E-state index in [1.54, 1.807) is 16.2 Å². The van der Waals surface area contributed by atoms with Gasteiger partial charge in [-0.05, 0) is 44.6 Å². The Morgan fingerprint density at radius 2 is 2.00 bits per heavy atom. The molecule has 164 valence electrons. The van der Waals surface area contributed by atoms with E-state index in [1.807, 2.05) is 44.2 Å². The third-order valence-electron chi connectivity index (χ3n) is 6.03. The molecule has 2 amide bonds. The lowest BCUT2D eigenvalue weighted by molar-refractivity contribution is -0.132. The van der Waals surface area contributed by atoms with Crippen molar-refractivity contribution in [2.24, 2.45) is 5.92 Å². The van der Waals surface area contributed by atoms with E-state index in [-0.39, 0.29) is 11.8 Å². The Morgan fingerprint density at radius 1 is 1.26 bits per heavy atom. The molecule has 0 spiro atoms. The summed E-state index contributed by atoms with van der Waals surface area (Å²) in [5.41, 5.74) is 2.05. The molecular formula is C24H29N3O2S2. The first kappa shape index (κ1) is 22.0. The number of amides is 2. The Labute approximate surface area is 191 Å². The molecule has 5 nitrogen and oxygen atoms in total. The summed E-state index contributed by atoms with van der Waals surface area (Å²) >= 11 is 3.16. The van der Waals surface area contributed by atoms with E-state index in [4.69, 9.17) is 4.98 Å². The summed E-state index contributed by atoms with van der Waals surface area (Å²) in [5.74, 6) is 0.376. The maximum atomic E-state index is 13.8. The number of nitrogens with one attached hydrogen (secondary N) is 1. The molecule has 1 aromatic carbocycles. The van der Waals surface area contributed by atoms with Crippen LogP contribution in [0.4, 0.5) is 0 Å². The Balaban J connectivity index is 1.72. The molecule has 3 heterocycles. The predicted octanol–water partition coefficient (Wildman–Crippen LogP) is 5.18. The van der Waals surface area contributed by atoms with Crippen LogP contribution in [0.2, 0.25) is 0 Å². The third-order valence-corrected chi connectivity index (χ3v) is 8.30. The van der Waals surface area contributed by atoms with Crippen LogP contribution in [0.15, 0.2) is 30.3 Å². The monoisotopic (exact) mass is 455 g/mol. The van der Waals surface area contributed by atoms with Crippen LogP contribution in [-0.2, 0) is 17.8 Å². The van der Waals surface area contributed by atoms with Crippen LogP contribution < -0.4 is 5.32 Å². The molecule has 1 N–H and O–H groups in total. The van der Waals surface area contributed by atoms with Crippen molar-refractivity contribution in [1.29, 1.82) is 0 Å². The number of carbonyl (C=O) groups excluding carboxylic acids is 2. The first-order valence-corrected chi connectivity index (χ1v) is 12.5. The molecule has 0 bridgehead atoms. The van der Waals surface area contributed by atoms with Crippen molar-refractivity contribution < 1.29 is 9.59 Å². The van der Waals surface area contributed by atoms with Gasteiger partial charge in [0.2, 0.25) is 5.91 Å². The van der Waals surface area contributed by atoms with Gasteiger partial charge in [-0.2, -0.15) is 0 Å². The minimum Gasteiger partial charge on any atom is -0.354 e. The Bertz CT molecular complexity index is 1100. The lowest BCUT2D eigenvalue weighted by atomic mass is 9.91. The highest BCUT2D eigenvalue weighted by molar-refractivity contribution is 7.38. The van der Waals surface area contributed by atoms with Crippen molar-refractivity contribution in [3.8, 4) is 0 Å². The fourth-order valence-corrected chi connectivity index (χ4v) is 6.52. The zero-order valence-electron chi connectivity index (χ0n) is 18.5. The Hall–Kier alpha value is -2.25. The molecule has 1 aliphatic heterocycles. The smallest absolute Gasteiger partial charge is 0.265 e. The van der Waals surface area contributed by atoms with E-state index in [0.717, 1.165) is 37.0 Å². The van der Waals surface area contributed by atoms with E-state index in [9.17, 15) is 9.59 Å². The van der Waals surface area contributed by atoms with Crippen molar-refractivity contribution in [1.82, 2.24) is 15.2 Å². The number of nitrogens with zero attached hydrogens (tertiary/aromatic N) is 2. The largest absolute Gasteiger partial charge is 0.354 e. The van der Waals surface area contributed by atoms with E-state index < -0.39 is 5.54 Å². The van der Waals surface area contributed by atoms with Gasteiger partial charge in [0.1, 0.15) is 9.55 Å². The van der Waals surface area contributed by atoms with Crippen LogP contribution in [0.3, 0.4) is 0 Å². The molecule has 0 aliphatic carbocycles. The lowest BCUT2D eigenvalue weighted by Crippen LogP contribution is -2.58. The van der Waals surface area contributed by atoms with Crippen LogP contribution in [0.5, 0.6) is 0 Å². The van der Waals surface area contributed by atoms with Gasteiger partial charge >= 0.3 is 0 Å². The average molecular weight is 456 g/mol. The first-order valence-electron chi connectivity index (χ1n) is 10.8. The molecule has 0 radical (unpaired) electrons. The SMILES string of the molecule is Cc1nc2c3c(sc2s1)C(=O)N(Cc1ccccc1)C(C)(C(=O)NCCC(C)C)CC3. The van der Waals surface area contributed by atoms with Crippen molar-refractivity contribution in [3.05, 3.63) is 51.3 Å². The van der Waals surface area contributed by atoms with Gasteiger partial charge < -0.3 is 10.2 Å². The lowest BCUT2D eigenvalue weighted by Gasteiger charge is -2.39. The predicted molar refractivity (Wildman–Crippen MR) is 128 cm³/mol. The number of hydrogen-bond donors (Lipinski definition) is 1. The van der Waals surface area contributed by atoms with Crippen molar-refractivity contribution >= 4 is 44.0 Å². The van der Waals surface area contributed by atoms with Gasteiger partial charge in [-0.3, -0.25) is 9.59 Å². The summed E-state index contributed by atoms with van der Waals surface area (Å²) in [6.45, 7) is 9.23. The highest BCUT2D eigenvalue weighted by atomic mass is 32.2. The van der Waals surface area contributed by atoms with Gasteiger partial charge in [0.05, 0.1) is 15.4 Å². The summed E-state index contributed by atoms with van der Waals surface area (Å²) in [6.07, 6.45) is 2.17. The summed E-state index contributed by atoms with van der Waals surface area (Å²) in [5, 5.41) is 4.12. The second kappa shape index (κ2) is 8.71. The molecule has 2 aromatic heterocycles. The molecule has 1 atom stereocenters. The summed E-state index contributed by atoms with van der Waals surface area (Å²) in [4.78, 5) is 34.5. The van der Waals surface area contributed by atoms with Crippen molar-refractivity contribution in [2.45, 2.75) is 59.0 Å². The molecule has 4 rings (SSSR count). The normalized spacial score (nSPS) is 19.0. The molecular weight excluding hydrogens is 426 g/mol. The van der Waals surface area contributed by atoms with Gasteiger partial charge in [-0.1, -0.05) is 44.2 Å². The topological polar surface area (TPSA) is 62.3 Å². The highest BCUT2D eigenvalue weighted by Crippen LogP contribution is 2.41. The van der Waals surface area contributed by atoms with E-state index in [0.29, 0.717) is 31.8 Å². The quantitative estimate of drug-likeness (QED) is 0.557.